The fourth-order valence-corrected chi connectivity index (χ4v) is 3.65. The molecule has 0 spiro atoms. The minimum absolute atomic E-state index is 0.00659. The average molecular weight is 359 g/mol. The van der Waals surface area contributed by atoms with Crippen molar-refractivity contribution in [3.8, 4) is 5.69 Å². The standard InChI is InChI=1S/C19H17N7O/c27-19(13-5-3-6-14(11-13)26-12-20-23-24-26)25-10-4-9-17(25)18-21-15-7-1-2-8-16(15)22-18/h1-3,5-8,11-12,17H,4,9-10H2,(H,21,22). The Hall–Kier alpha value is -3.55. The molecule has 0 bridgehead atoms. The van der Waals surface area contributed by atoms with E-state index < -0.39 is 0 Å². The summed E-state index contributed by atoms with van der Waals surface area (Å²) >= 11 is 0. The van der Waals surface area contributed by atoms with Gasteiger partial charge in [0.2, 0.25) is 0 Å². The van der Waals surface area contributed by atoms with Crippen LogP contribution in [0.2, 0.25) is 0 Å². The summed E-state index contributed by atoms with van der Waals surface area (Å²) in [4.78, 5) is 23.2. The molecular formula is C19H17N7O. The number of nitrogens with one attached hydrogen (secondary N) is 1. The third-order valence-electron chi connectivity index (χ3n) is 4.94. The van der Waals surface area contributed by atoms with E-state index in [1.807, 2.05) is 53.4 Å². The van der Waals surface area contributed by atoms with E-state index in [9.17, 15) is 4.79 Å². The molecule has 1 unspecified atom stereocenters. The predicted molar refractivity (Wildman–Crippen MR) is 98.3 cm³/mol. The Labute approximate surface area is 154 Å². The van der Waals surface area contributed by atoms with Crippen LogP contribution in [-0.4, -0.2) is 47.5 Å². The molecule has 0 saturated carbocycles. The summed E-state index contributed by atoms with van der Waals surface area (Å²) in [6.45, 7) is 0.718. The SMILES string of the molecule is O=C(c1cccc(-n2cnnn2)c1)N1CCCC1c1nc2ccccc2[nH]1. The van der Waals surface area contributed by atoms with Gasteiger partial charge < -0.3 is 9.88 Å². The van der Waals surface area contributed by atoms with Gasteiger partial charge in [-0.1, -0.05) is 18.2 Å². The van der Waals surface area contributed by atoms with E-state index >= 15 is 0 Å². The molecule has 1 fully saturated rings. The van der Waals surface area contributed by atoms with Crippen LogP contribution in [-0.2, 0) is 0 Å². The molecule has 8 heteroatoms. The second-order valence-electron chi connectivity index (χ2n) is 6.60. The number of rotatable bonds is 3. The van der Waals surface area contributed by atoms with Gasteiger partial charge in [0.05, 0.1) is 22.8 Å². The van der Waals surface area contributed by atoms with Gasteiger partial charge >= 0.3 is 0 Å². The van der Waals surface area contributed by atoms with Crippen LogP contribution >= 0.6 is 0 Å². The summed E-state index contributed by atoms with van der Waals surface area (Å²) in [5.41, 5.74) is 3.29. The number of carbonyl (C=O) groups is 1. The second kappa shape index (κ2) is 6.31. The van der Waals surface area contributed by atoms with E-state index in [1.54, 1.807) is 0 Å². The number of aromatic amines is 1. The first kappa shape index (κ1) is 15.7. The Morgan fingerprint density at radius 1 is 1.15 bits per heavy atom. The van der Waals surface area contributed by atoms with Crippen molar-refractivity contribution >= 4 is 16.9 Å². The molecule has 27 heavy (non-hydrogen) atoms. The molecule has 3 heterocycles. The number of hydrogen-bond donors (Lipinski definition) is 1. The number of tetrazole rings is 1. The van der Waals surface area contributed by atoms with Crippen molar-refractivity contribution in [2.75, 3.05) is 6.54 Å². The Balaban J connectivity index is 1.46. The van der Waals surface area contributed by atoms with Gasteiger partial charge in [-0.15, -0.1) is 5.10 Å². The van der Waals surface area contributed by atoms with Gasteiger partial charge in [0.25, 0.3) is 5.91 Å². The smallest absolute Gasteiger partial charge is 0.254 e. The minimum atomic E-state index is -0.0402. The van der Waals surface area contributed by atoms with Crippen LogP contribution in [0.1, 0.15) is 35.1 Å². The number of fused-ring (bicyclic) bond motifs is 1. The van der Waals surface area contributed by atoms with E-state index in [0.29, 0.717) is 5.56 Å². The average Bonchev–Trinajstić information content (AvgIpc) is 3.47. The molecule has 8 nitrogen and oxygen atoms in total. The van der Waals surface area contributed by atoms with Gasteiger partial charge in [-0.25, -0.2) is 9.67 Å². The minimum Gasteiger partial charge on any atom is -0.340 e. The maximum absolute atomic E-state index is 13.2. The van der Waals surface area contributed by atoms with Crippen LogP contribution in [0.5, 0.6) is 0 Å². The number of imidazole rings is 1. The van der Waals surface area contributed by atoms with Gasteiger partial charge in [-0.3, -0.25) is 4.79 Å². The van der Waals surface area contributed by atoms with Crippen LogP contribution < -0.4 is 0 Å². The van der Waals surface area contributed by atoms with Crippen LogP contribution in [0.25, 0.3) is 16.7 Å². The molecule has 0 aliphatic carbocycles. The number of aromatic nitrogens is 6. The number of para-hydroxylation sites is 2. The van der Waals surface area contributed by atoms with E-state index in [-0.39, 0.29) is 11.9 Å². The number of nitrogens with zero attached hydrogens (tertiary/aromatic N) is 6. The Morgan fingerprint density at radius 3 is 2.93 bits per heavy atom. The van der Waals surface area contributed by atoms with Crippen molar-refractivity contribution in [1.29, 1.82) is 0 Å². The Morgan fingerprint density at radius 2 is 2.07 bits per heavy atom. The van der Waals surface area contributed by atoms with Gasteiger partial charge in [0.15, 0.2) is 0 Å². The first-order valence-electron chi connectivity index (χ1n) is 8.89. The number of hydrogen-bond acceptors (Lipinski definition) is 5. The van der Waals surface area contributed by atoms with E-state index in [4.69, 9.17) is 4.98 Å². The zero-order valence-electron chi connectivity index (χ0n) is 14.5. The molecule has 1 aliphatic rings. The molecule has 4 aromatic rings. The molecular weight excluding hydrogens is 342 g/mol. The summed E-state index contributed by atoms with van der Waals surface area (Å²) in [7, 11) is 0. The molecule has 134 valence electrons. The van der Waals surface area contributed by atoms with Crippen molar-refractivity contribution in [3.05, 3.63) is 66.2 Å². The number of benzene rings is 2. The van der Waals surface area contributed by atoms with Crippen molar-refractivity contribution in [2.24, 2.45) is 0 Å². The highest BCUT2D eigenvalue weighted by Gasteiger charge is 2.32. The molecule has 2 aromatic carbocycles. The van der Waals surface area contributed by atoms with Gasteiger partial charge in [-0.2, -0.15) is 0 Å². The molecule has 1 amide bonds. The van der Waals surface area contributed by atoms with Crippen LogP contribution in [0.4, 0.5) is 0 Å². The lowest BCUT2D eigenvalue weighted by Crippen LogP contribution is -2.31. The summed E-state index contributed by atoms with van der Waals surface area (Å²) < 4.78 is 1.54. The highest BCUT2D eigenvalue weighted by Crippen LogP contribution is 2.32. The second-order valence-corrected chi connectivity index (χ2v) is 6.60. The van der Waals surface area contributed by atoms with Crippen molar-refractivity contribution in [2.45, 2.75) is 18.9 Å². The number of carbonyl (C=O) groups excluding carboxylic acids is 1. The van der Waals surface area contributed by atoms with Gasteiger partial charge in [0.1, 0.15) is 12.2 Å². The maximum Gasteiger partial charge on any atom is 0.254 e. The zero-order chi connectivity index (χ0) is 18.2. The Bertz CT molecular complexity index is 1070. The zero-order valence-corrected chi connectivity index (χ0v) is 14.5. The highest BCUT2D eigenvalue weighted by molar-refractivity contribution is 5.95. The first-order valence-corrected chi connectivity index (χ1v) is 8.89. The Kier molecular flexibility index (Phi) is 3.67. The lowest BCUT2D eigenvalue weighted by Gasteiger charge is -2.23. The van der Waals surface area contributed by atoms with E-state index in [0.717, 1.165) is 41.9 Å². The number of H-pyrrole nitrogens is 1. The van der Waals surface area contributed by atoms with E-state index in [2.05, 4.69) is 20.5 Å². The number of likely N-dealkylation sites (tertiary alicyclic amines) is 1. The molecule has 2 aromatic heterocycles. The fraction of sp³-hybridized carbons (Fsp3) is 0.211. The summed E-state index contributed by atoms with van der Waals surface area (Å²) in [6, 6.07) is 15.2. The summed E-state index contributed by atoms with van der Waals surface area (Å²) in [5, 5.41) is 11.2. The van der Waals surface area contributed by atoms with Crippen LogP contribution in [0.15, 0.2) is 54.9 Å². The van der Waals surface area contributed by atoms with Crippen molar-refractivity contribution in [1.82, 2.24) is 35.1 Å². The molecule has 1 atom stereocenters. The lowest BCUT2D eigenvalue weighted by atomic mass is 10.1. The monoisotopic (exact) mass is 359 g/mol. The summed E-state index contributed by atoms with van der Waals surface area (Å²) in [6.07, 6.45) is 3.37. The van der Waals surface area contributed by atoms with Gasteiger partial charge in [-0.05, 0) is 53.6 Å². The third-order valence-corrected chi connectivity index (χ3v) is 4.94. The van der Waals surface area contributed by atoms with E-state index in [1.165, 1.54) is 11.0 Å². The van der Waals surface area contributed by atoms with Gasteiger partial charge in [0, 0.05) is 12.1 Å². The van der Waals surface area contributed by atoms with Crippen LogP contribution in [0, 0.1) is 0 Å². The van der Waals surface area contributed by atoms with Crippen molar-refractivity contribution < 1.29 is 4.79 Å². The molecule has 0 radical (unpaired) electrons. The van der Waals surface area contributed by atoms with Crippen LogP contribution in [0.3, 0.4) is 0 Å². The topological polar surface area (TPSA) is 92.6 Å². The summed E-state index contributed by atoms with van der Waals surface area (Å²) in [5.74, 6) is 0.839. The quantitative estimate of drug-likeness (QED) is 0.607. The molecule has 1 saturated heterocycles. The fourth-order valence-electron chi connectivity index (χ4n) is 3.65. The normalized spacial score (nSPS) is 16.9. The highest BCUT2D eigenvalue weighted by atomic mass is 16.2. The maximum atomic E-state index is 13.2. The first-order chi connectivity index (χ1) is 13.3. The molecule has 1 aliphatic heterocycles. The predicted octanol–water partition coefficient (Wildman–Crippen LogP) is 2.52. The lowest BCUT2D eigenvalue weighted by molar-refractivity contribution is 0.0730. The third kappa shape index (κ3) is 2.75. The number of amides is 1. The molecule has 1 N–H and O–H groups in total. The molecule has 5 rings (SSSR count). The largest absolute Gasteiger partial charge is 0.340 e. The van der Waals surface area contributed by atoms with Crippen molar-refractivity contribution in [3.63, 3.8) is 0 Å².